The second-order valence-corrected chi connectivity index (χ2v) is 7.39. The molecule has 1 aromatic rings. The SMILES string of the molecule is C=CCN1C(=O)C(C)(C)Oc2ccc(C(N)C(C)(C)C)cc21. The van der Waals surface area contributed by atoms with E-state index in [0.29, 0.717) is 12.3 Å². The standard InChI is InChI=1S/C18H26N2O2/c1-7-10-20-13-11-12(15(19)17(2,3)4)8-9-14(13)22-18(5,6)16(20)21/h7-9,11,15H,1,10,19H2,2-6H3. The molecular formula is C18H26N2O2. The quantitative estimate of drug-likeness (QED) is 0.870. The summed E-state index contributed by atoms with van der Waals surface area (Å²) in [6.07, 6.45) is 1.72. The van der Waals surface area contributed by atoms with Crippen LogP contribution >= 0.6 is 0 Å². The van der Waals surface area contributed by atoms with Crippen LogP contribution in [-0.2, 0) is 4.79 Å². The third kappa shape index (κ3) is 2.88. The molecule has 0 radical (unpaired) electrons. The molecule has 0 aromatic heterocycles. The van der Waals surface area contributed by atoms with Crippen LogP contribution in [0.2, 0.25) is 0 Å². The molecular weight excluding hydrogens is 276 g/mol. The predicted molar refractivity (Wildman–Crippen MR) is 90.1 cm³/mol. The summed E-state index contributed by atoms with van der Waals surface area (Å²) in [5, 5.41) is 0. The fourth-order valence-electron chi connectivity index (χ4n) is 2.59. The highest BCUT2D eigenvalue weighted by Gasteiger charge is 2.40. The lowest BCUT2D eigenvalue weighted by atomic mass is 9.83. The number of rotatable bonds is 3. The van der Waals surface area contributed by atoms with E-state index in [1.54, 1.807) is 24.8 Å². The minimum absolute atomic E-state index is 0.0592. The van der Waals surface area contributed by atoms with Gasteiger partial charge in [0.15, 0.2) is 5.60 Å². The van der Waals surface area contributed by atoms with Crippen LogP contribution in [-0.4, -0.2) is 18.1 Å². The molecule has 4 nitrogen and oxygen atoms in total. The Morgan fingerprint density at radius 2 is 2.05 bits per heavy atom. The summed E-state index contributed by atoms with van der Waals surface area (Å²) in [5.74, 6) is 0.637. The third-order valence-electron chi connectivity index (χ3n) is 4.00. The molecule has 120 valence electrons. The first-order chi connectivity index (χ1) is 10.1. The molecule has 0 fully saturated rings. The summed E-state index contributed by atoms with van der Waals surface area (Å²) in [6.45, 7) is 14.1. The summed E-state index contributed by atoms with van der Waals surface area (Å²) in [6, 6.07) is 5.73. The lowest BCUT2D eigenvalue weighted by molar-refractivity contribution is -0.132. The molecule has 1 amide bonds. The van der Waals surface area contributed by atoms with Gasteiger partial charge in [-0.2, -0.15) is 0 Å². The highest BCUT2D eigenvalue weighted by Crippen LogP contribution is 2.41. The Balaban J connectivity index is 2.51. The van der Waals surface area contributed by atoms with Gasteiger partial charge in [-0.3, -0.25) is 4.79 Å². The van der Waals surface area contributed by atoms with E-state index in [1.165, 1.54) is 0 Å². The Labute approximate surface area is 132 Å². The molecule has 1 unspecified atom stereocenters. The second-order valence-electron chi connectivity index (χ2n) is 7.39. The zero-order valence-corrected chi connectivity index (χ0v) is 14.1. The molecule has 4 heteroatoms. The summed E-state index contributed by atoms with van der Waals surface area (Å²) < 4.78 is 5.86. The highest BCUT2D eigenvalue weighted by atomic mass is 16.5. The van der Waals surface area contributed by atoms with Crippen molar-refractivity contribution < 1.29 is 9.53 Å². The van der Waals surface area contributed by atoms with Gasteiger partial charge >= 0.3 is 0 Å². The number of amides is 1. The molecule has 0 saturated heterocycles. The first-order valence-corrected chi connectivity index (χ1v) is 7.59. The van der Waals surface area contributed by atoms with Crippen molar-refractivity contribution in [2.24, 2.45) is 11.1 Å². The van der Waals surface area contributed by atoms with Crippen LogP contribution in [0.5, 0.6) is 5.75 Å². The van der Waals surface area contributed by atoms with E-state index in [2.05, 4.69) is 27.4 Å². The third-order valence-corrected chi connectivity index (χ3v) is 4.00. The molecule has 1 atom stereocenters. The zero-order valence-electron chi connectivity index (χ0n) is 14.1. The van der Waals surface area contributed by atoms with Crippen molar-refractivity contribution in [1.29, 1.82) is 0 Å². The molecule has 1 aliphatic heterocycles. The van der Waals surface area contributed by atoms with E-state index in [-0.39, 0.29) is 17.4 Å². The van der Waals surface area contributed by atoms with Crippen molar-refractivity contribution in [3.8, 4) is 5.75 Å². The zero-order chi connectivity index (χ0) is 16.7. The molecule has 0 saturated carbocycles. The molecule has 0 spiro atoms. The van der Waals surface area contributed by atoms with Crippen molar-refractivity contribution in [1.82, 2.24) is 0 Å². The van der Waals surface area contributed by atoms with Gasteiger partial charge in [0.1, 0.15) is 5.75 Å². The Kier molecular flexibility index (Phi) is 4.09. The second kappa shape index (κ2) is 5.43. The first-order valence-electron chi connectivity index (χ1n) is 7.59. The van der Waals surface area contributed by atoms with Crippen LogP contribution in [0.3, 0.4) is 0 Å². The monoisotopic (exact) mass is 302 g/mol. The summed E-state index contributed by atoms with van der Waals surface area (Å²) in [5.41, 5.74) is 7.18. The molecule has 0 aliphatic carbocycles. The van der Waals surface area contributed by atoms with E-state index >= 15 is 0 Å². The lowest BCUT2D eigenvalue weighted by Crippen LogP contribution is -2.52. The molecule has 2 rings (SSSR count). The fourth-order valence-corrected chi connectivity index (χ4v) is 2.59. The van der Waals surface area contributed by atoms with E-state index in [1.807, 2.05) is 18.2 Å². The van der Waals surface area contributed by atoms with Crippen LogP contribution in [0.25, 0.3) is 0 Å². The maximum atomic E-state index is 12.6. The number of benzene rings is 1. The number of hydrogen-bond donors (Lipinski definition) is 1. The maximum Gasteiger partial charge on any atom is 0.270 e. The minimum Gasteiger partial charge on any atom is -0.476 e. The number of nitrogens with two attached hydrogens (primary N) is 1. The van der Waals surface area contributed by atoms with Crippen LogP contribution in [0.15, 0.2) is 30.9 Å². The van der Waals surface area contributed by atoms with Gasteiger partial charge in [0.2, 0.25) is 0 Å². The number of ether oxygens (including phenoxy) is 1. The minimum atomic E-state index is -0.871. The maximum absolute atomic E-state index is 12.6. The molecule has 2 N–H and O–H groups in total. The van der Waals surface area contributed by atoms with Gasteiger partial charge in [0.25, 0.3) is 5.91 Å². The Bertz CT molecular complexity index is 600. The summed E-state index contributed by atoms with van der Waals surface area (Å²) in [7, 11) is 0. The van der Waals surface area contributed by atoms with Crippen LogP contribution in [0.1, 0.15) is 46.2 Å². The van der Waals surface area contributed by atoms with Crippen molar-refractivity contribution >= 4 is 11.6 Å². The fraction of sp³-hybridized carbons (Fsp3) is 0.500. The van der Waals surface area contributed by atoms with Gasteiger partial charge in [-0.1, -0.05) is 32.9 Å². The normalized spacial score (nSPS) is 18.5. The van der Waals surface area contributed by atoms with Gasteiger partial charge in [0.05, 0.1) is 5.69 Å². The van der Waals surface area contributed by atoms with Crippen LogP contribution in [0, 0.1) is 5.41 Å². The van der Waals surface area contributed by atoms with Gasteiger partial charge < -0.3 is 15.4 Å². The van der Waals surface area contributed by atoms with Crippen molar-refractivity contribution in [3.63, 3.8) is 0 Å². The summed E-state index contributed by atoms with van der Waals surface area (Å²) >= 11 is 0. The van der Waals surface area contributed by atoms with Gasteiger partial charge in [-0.25, -0.2) is 0 Å². The van der Waals surface area contributed by atoms with Gasteiger partial charge in [-0.15, -0.1) is 6.58 Å². The van der Waals surface area contributed by atoms with E-state index in [4.69, 9.17) is 10.5 Å². The summed E-state index contributed by atoms with van der Waals surface area (Å²) in [4.78, 5) is 14.3. The highest BCUT2D eigenvalue weighted by molar-refractivity contribution is 6.02. The number of carbonyl (C=O) groups is 1. The van der Waals surface area contributed by atoms with E-state index in [9.17, 15) is 4.79 Å². The van der Waals surface area contributed by atoms with E-state index < -0.39 is 5.60 Å². The predicted octanol–water partition coefficient (Wildman–Crippen LogP) is 3.42. The molecule has 1 aromatic carbocycles. The molecule has 0 bridgehead atoms. The van der Waals surface area contributed by atoms with Gasteiger partial charge in [-0.05, 0) is 37.0 Å². The molecule has 1 aliphatic rings. The Hall–Kier alpha value is -1.81. The van der Waals surface area contributed by atoms with Crippen LogP contribution in [0.4, 0.5) is 5.69 Å². The number of carbonyl (C=O) groups excluding carboxylic acids is 1. The van der Waals surface area contributed by atoms with E-state index in [0.717, 1.165) is 11.3 Å². The Morgan fingerprint density at radius 1 is 1.41 bits per heavy atom. The Morgan fingerprint density at radius 3 is 2.59 bits per heavy atom. The van der Waals surface area contributed by atoms with Crippen molar-refractivity contribution in [3.05, 3.63) is 36.4 Å². The molecule has 1 heterocycles. The smallest absolute Gasteiger partial charge is 0.270 e. The average molecular weight is 302 g/mol. The number of anilines is 1. The van der Waals surface area contributed by atoms with Crippen molar-refractivity contribution in [2.75, 3.05) is 11.4 Å². The lowest BCUT2D eigenvalue weighted by Gasteiger charge is -2.39. The number of nitrogens with zero attached hydrogens (tertiary/aromatic N) is 1. The van der Waals surface area contributed by atoms with Gasteiger partial charge in [0, 0.05) is 12.6 Å². The van der Waals surface area contributed by atoms with Crippen molar-refractivity contribution in [2.45, 2.75) is 46.3 Å². The average Bonchev–Trinajstić information content (AvgIpc) is 2.41. The topological polar surface area (TPSA) is 55.6 Å². The molecule has 22 heavy (non-hydrogen) atoms. The number of hydrogen-bond acceptors (Lipinski definition) is 3. The number of fused-ring (bicyclic) bond motifs is 1. The largest absolute Gasteiger partial charge is 0.476 e. The first kappa shape index (κ1) is 16.6. The van der Waals surface area contributed by atoms with Crippen LogP contribution < -0.4 is 15.4 Å².